The molecule has 190 valence electrons. The van der Waals surface area contributed by atoms with E-state index in [1.807, 2.05) is 20.8 Å². The van der Waals surface area contributed by atoms with E-state index in [9.17, 15) is 19.3 Å². The zero-order valence-electron chi connectivity index (χ0n) is 20.0. The molecule has 0 aliphatic carbocycles. The molecule has 4 rings (SSSR count). The van der Waals surface area contributed by atoms with E-state index in [1.165, 1.54) is 30.5 Å². The van der Waals surface area contributed by atoms with Crippen molar-refractivity contribution in [1.82, 2.24) is 9.66 Å². The lowest BCUT2D eigenvalue weighted by Gasteiger charge is -2.21. The largest absolute Gasteiger partial charge is 0.481 e. The number of nitro groups is 1. The van der Waals surface area contributed by atoms with Gasteiger partial charge >= 0.3 is 5.69 Å². The zero-order valence-corrected chi connectivity index (χ0v) is 22.4. The summed E-state index contributed by atoms with van der Waals surface area (Å²) in [5.41, 5.74) is -0.212. The van der Waals surface area contributed by atoms with Gasteiger partial charge in [0.25, 0.3) is 5.56 Å². The lowest BCUT2D eigenvalue weighted by molar-refractivity contribution is -0.385. The quantitative estimate of drug-likeness (QED) is 0.143. The van der Waals surface area contributed by atoms with Crippen molar-refractivity contribution in [3.05, 3.63) is 107 Å². The average Bonchev–Trinajstić information content (AvgIpc) is 2.82. The summed E-state index contributed by atoms with van der Waals surface area (Å²) in [6.45, 7) is 5.54. The van der Waals surface area contributed by atoms with E-state index in [-0.39, 0.29) is 22.9 Å². The number of halogens is 3. The molecule has 4 aromatic rings. The van der Waals surface area contributed by atoms with Gasteiger partial charge in [-0.05, 0) is 42.0 Å². The van der Waals surface area contributed by atoms with Crippen molar-refractivity contribution in [2.24, 2.45) is 5.10 Å². The number of rotatable bonds is 6. The van der Waals surface area contributed by atoms with Crippen LogP contribution in [0.2, 0.25) is 5.02 Å². The summed E-state index contributed by atoms with van der Waals surface area (Å²) in [5.74, 6) is -0.190. The molecule has 0 aliphatic heterocycles. The molecule has 1 heterocycles. The first-order valence-electron chi connectivity index (χ1n) is 11.1. The average molecular weight is 588 g/mol. The van der Waals surface area contributed by atoms with E-state index in [1.54, 1.807) is 24.3 Å². The van der Waals surface area contributed by atoms with Gasteiger partial charge in [-0.2, -0.15) is 9.78 Å². The van der Waals surface area contributed by atoms with Crippen LogP contribution in [0.1, 0.15) is 37.7 Å². The molecular weight excluding hydrogens is 567 g/mol. The van der Waals surface area contributed by atoms with Crippen LogP contribution in [0.25, 0.3) is 10.9 Å². The number of nitro benzene ring substituents is 1. The molecular formula is C26H21BrClFN4O4. The van der Waals surface area contributed by atoms with E-state index in [4.69, 9.17) is 16.3 Å². The second kappa shape index (κ2) is 10.4. The number of nitrogens with zero attached hydrogens (tertiary/aromatic N) is 4. The van der Waals surface area contributed by atoms with Crippen molar-refractivity contribution >= 4 is 50.3 Å². The topological polar surface area (TPSA) is 99.6 Å². The van der Waals surface area contributed by atoms with Crippen LogP contribution in [-0.4, -0.2) is 20.8 Å². The van der Waals surface area contributed by atoms with E-state index in [0.717, 1.165) is 10.7 Å². The molecule has 8 nitrogen and oxygen atoms in total. The molecule has 0 saturated heterocycles. The number of aromatic nitrogens is 2. The molecule has 0 aliphatic rings. The standard InChI is InChI=1S/C26H21BrClFN4O4/c1-26(2,3)25-31-21-8-7-17(27)11-20(21)24(34)32(25)30-13-16-10-18(28)12-22(33(35)36)23(16)37-14-15-5-4-6-19(29)9-15/h4-13H,14H2,1-3H3. The zero-order chi connectivity index (χ0) is 26.9. The number of benzene rings is 3. The minimum absolute atomic E-state index is 0.0789. The van der Waals surface area contributed by atoms with Crippen LogP contribution < -0.4 is 10.3 Å². The van der Waals surface area contributed by atoms with Crippen LogP contribution in [0.15, 0.2) is 69.0 Å². The van der Waals surface area contributed by atoms with Gasteiger partial charge in [0, 0.05) is 26.5 Å². The highest BCUT2D eigenvalue weighted by atomic mass is 79.9. The Morgan fingerprint density at radius 3 is 2.65 bits per heavy atom. The fourth-order valence-corrected chi connectivity index (χ4v) is 4.21. The monoisotopic (exact) mass is 586 g/mol. The third-order valence-electron chi connectivity index (χ3n) is 5.32. The minimum Gasteiger partial charge on any atom is -0.481 e. The number of hydrogen-bond donors (Lipinski definition) is 0. The van der Waals surface area contributed by atoms with Crippen molar-refractivity contribution in [3.8, 4) is 5.75 Å². The minimum atomic E-state index is -0.633. The summed E-state index contributed by atoms with van der Waals surface area (Å²) in [6, 6.07) is 13.5. The second-order valence-electron chi connectivity index (χ2n) is 9.23. The maximum absolute atomic E-state index is 13.6. The van der Waals surface area contributed by atoms with Crippen molar-refractivity contribution in [2.45, 2.75) is 32.8 Å². The lowest BCUT2D eigenvalue weighted by atomic mass is 9.95. The van der Waals surface area contributed by atoms with Gasteiger partial charge in [-0.1, -0.05) is 60.4 Å². The van der Waals surface area contributed by atoms with Crippen LogP contribution >= 0.6 is 27.5 Å². The molecule has 3 aromatic carbocycles. The molecule has 0 saturated carbocycles. The van der Waals surface area contributed by atoms with Gasteiger partial charge in [-0.25, -0.2) is 9.37 Å². The number of fused-ring (bicyclic) bond motifs is 1. The predicted molar refractivity (Wildman–Crippen MR) is 144 cm³/mol. The van der Waals surface area contributed by atoms with Gasteiger partial charge in [-0.3, -0.25) is 14.9 Å². The Kier molecular flexibility index (Phi) is 7.42. The van der Waals surface area contributed by atoms with Crippen LogP contribution in [0, 0.1) is 15.9 Å². The van der Waals surface area contributed by atoms with Crippen LogP contribution in [0.4, 0.5) is 10.1 Å². The fourth-order valence-electron chi connectivity index (χ4n) is 3.63. The van der Waals surface area contributed by atoms with Gasteiger partial charge in [0.2, 0.25) is 5.75 Å². The van der Waals surface area contributed by atoms with Crippen LogP contribution in [-0.2, 0) is 12.0 Å². The molecule has 37 heavy (non-hydrogen) atoms. The number of hydrogen-bond acceptors (Lipinski definition) is 6. The third-order valence-corrected chi connectivity index (χ3v) is 6.03. The van der Waals surface area contributed by atoms with Gasteiger partial charge in [0.05, 0.1) is 22.0 Å². The highest BCUT2D eigenvalue weighted by Crippen LogP contribution is 2.34. The molecule has 1 aromatic heterocycles. The van der Waals surface area contributed by atoms with E-state index < -0.39 is 27.4 Å². The molecule has 0 N–H and O–H groups in total. The van der Waals surface area contributed by atoms with Gasteiger partial charge in [-0.15, -0.1) is 0 Å². The van der Waals surface area contributed by atoms with E-state index >= 15 is 0 Å². The Balaban J connectivity index is 1.86. The Hall–Kier alpha value is -3.63. The van der Waals surface area contributed by atoms with Crippen molar-refractivity contribution in [3.63, 3.8) is 0 Å². The molecule has 0 amide bonds. The molecule has 0 radical (unpaired) electrons. The first-order valence-corrected chi connectivity index (χ1v) is 12.2. The second-order valence-corrected chi connectivity index (χ2v) is 10.6. The SMILES string of the molecule is CC(C)(C)c1nc2ccc(Br)cc2c(=O)n1N=Cc1cc(Cl)cc([N+](=O)[O-])c1OCc1cccc(F)c1. The summed E-state index contributed by atoms with van der Waals surface area (Å²) in [5, 5.41) is 16.6. The summed E-state index contributed by atoms with van der Waals surface area (Å²) in [4.78, 5) is 29.2. The van der Waals surface area contributed by atoms with E-state index in [2.05, 4.69) is 26.0 Å². The smallest absolute Gasteiger partial charge is 0.313 e. The first-order chi connectivity index (χ1) is 17.4. The van der Waals surface area contributed by atoms with Gasteiger partial charge in [0.15, 0.2) is 0 Å². The van der Waals surface area contributed by atoms with E-state index in [0.29, 0.717) is 26.8 Å². The van der Waals surface area contributed by atoms with Crippen LogP contribution in [0.3, 0.4) is 0 Å². The molecule has 11 heteroatoms. The molecule has 0 spiro atoms. The van der Waals surface area contributed by atoms with Gasteiger partial charge in [0.1, 0.15) is 18.2 Å². The molecule has 0 atom stereocenters. The summed E-state index contributed by atoms with van der Waals surface area (Å²) in [6.07, 6.45) is 1.27. The highest BCUT2D eigenvalue weighted by molar-refractivity contribution is 9.10. The third kappa shape index (κ3) is 5.86. The summed E-state index contributed by atoms with van der Waals surface area (Å²) < 4.78 is 21.2. The van der Waals surface area contributed by atoms with Crippen LogP contribution in [0.5, 0.6) is 5.75 Å². The normalized spacial score (nSPS) is 11.8. The van der Waals surface area contributed by atoms with Crippen molar-refractivity contribution in [1.29, 1.82) is 0 Å². The lowest BCUT2D eigenvalue weighted by Crippen LogP contribution is -2.29. The Morgan fingerprint density at radius 1 is 1.22 bits per heavy atom. The van der Waals surface area contributed by atoms with Crippen molar-refractivity contribution in [2.75, 3.05) is 0 Å². The Labute approximate surface area is 224 Å². The molecule has 0 unspecified atom stereocenters. The summed E-state index contributed by atoms with van der Waals surface area (Å²) >= 11 is 9.53. The first kappa shape index (κ1) is 26.4. The Morgan fingerprint density at radius 2 is 1.97 bits per heavy atom. The maximum atomic E-state index is 13.6. The van der Waals surface area contributed by atoms with Crippen molar-refractivity contribution < 1.29 is 14.1 Å². The fraction of sp³-hybridized carbons (Fsp3) is 0.192. The molecule has 0 fully saturated rings. The number of ether oxygens (including phenoxy) is 1. The predicted octanol–water partition coefficient (Wildman–Crippen LogP) is 6.62. The highest BCUT2D eigenvalue weighted by Gasteiger charge is 2.24. The maximum Gasteiger partial charge on any atom is 0.313 e. The van der Waals surface area contributed by atoms with Gasteiger partial charge < -0.3 is 4.74 Å². The molecule has 0 bridgehead atoms. The summed E-state index contributed by atoms with van der Waals surface area (Å²) in [7, 11) is 0. The Bertz CT molecular complexity index is 1620.